The lowest BCUT2D eigenvalue weighted by Crippen LogP contribution is -2.28. The van der Waals surface area contributed by atoms with Crippen molar-refractivity contribution in [1.29, 1.82) is 0 Å². The highest BCUT2D eigenvalue weighted by Gasteiger charge is 2.44. The van der Waals surface area contributed by atoms with Crippen molar-refractivity contribution in [2.75, 3.05) is 0 Å². The maximum atomic E-state index is 13.2. The van der Waals surface area contributed by atoms with Gasteiger partial charge in [0.15, 0.2) is 0 Å². The van der Waals surface area contributed by atoms with Gasteiger partial charge in [-0.3, -0.25) is 0 Å². The Morgan fingerprint density at radius 2 is 1.80 bits per heavy atom. The summed E-state index contributed by atoms with van der Waals surface area (Å²) in [5, 5.41) is -4.12. The Kier molecular flexibility index (Phi) is 5.79. The molecule has 0 atom stereocenters. The largest absolute Gasteiger partial charge is 0.466 e. The second-order valence-corrected chi connectivity index (χ2v) is 6.99. The zero-order chi connectivity index (χ0) is 18.5. The molecule has 0 fully saturated rings. The van der Waals surface area contributed by atoms with Crippen molar-refractivity contribution in [2.24, 2.45) is 0 Å². The minimum atomic E-state index is -5.07. The first-order valence-electron chi connectivity index (χ1n) is 7.48. The number of alkyl halides is 2. The minimum Gasteiger partial charge on any atom is -0.466 e. The molecular weight excluding hydrogens is 350 g/mol. The van der Waals surface area contributed by atoms with Gasteiger partial charge in [-0.15, -0.1) is 0 Å². The Hall–Kier alpha value is -2.41. The summed E-state index contributed by atoms with van der Waals surface area (Å²) >= 11 is 0. The van der Waals surface area contributed by atoms with Gasteiger partial charge in [0.05, 0.1) is 6.26 Å². The van der Waals surface area contributed by atoms with E-state index in [9.17, 15) is 17.2 Å². The van der Waals surface area contributed by atoms with Crippen molar-refractivity contribution in [2.45, 2.75) is 24.5 Å². The molecule has 25 heavy (non-hydrogen) atoms. The maximum Gasteiger partial charge on any atom is 0.398 e. The molecule has 0 radical (unpaired) electrons. The van der Waals surface area contributed by atoms with Crippen LogP contribution in [0.5, 0.6) is 5.75 Å². The Morgan fingerprint density at radius 3 is 2.32 bits per heavy atom. The van der Waals surface area contributed by atoms with E-state index in [0.29, 0.717) is 18.6 Å². The van der Waals surface area contributed by atoms with Crippen LogP contribution >= 0.6 is 0 Å². The zero-order valence-corrected chi connectivity index (χ0v) is 14.3. The number of ether oxygens (including phenoxy) is 1. The molecule has 0 amide bonds. The smallest absolute Gasteiger partial charge is 0.398 e. The Balaban J connectivity index is 2.03. The van der Waals surface area contributed by atoms with Gasteiger partial charge < -0.3 is 8.92 Å². The highest BCUT2D eigenvalue weighted by molar-refractivity contribution is 7.88. The van der Waals surface area contributed by atoms with E-state index in [2.05, 4.69) is 17.3 Å². The van der Waals surface area contributed by atoms with Crippen molar-refractivity contribution in [3.05, 3.63) is 78.8 Å². The standard InChI is InChI=1S/C18H18F2O4S/c1-3-18(19,20)25(21,22)24-17-11-7-15(8-12-17)13-14-5-9-16(10-6-14)23-4-2/h3-7,9-11H,1-2,8,12-13H2. The van der Waals surface area contributed by atoms with E-state index in [4.69, 9.17) is 4.74 Å². The third kappa shape index (κ3) is 4.79. The van der Waals surface area contributed by atoms with E-state index in [-0.39, 0.29) is 18.3 Å². The molecule has 0 bridgehead atoms. The van der Waals surface area contributed by atoms with Crippen molar-refractivity contribution >= 4 is 10.1 Å². The van der Waals surface area contributed by atoms with Crippen LogP contribution in [0.1, 0.15) is 18.4 Å². The summed E-state index contributed by atoms with van der Waals surface area (Å²) in [6.07, 6.45) is 5.90. The summed E-state index contributed by atoms with van der Waals surface area (Å²) < 4.78 is 59.1. The molecule has 1 aromatic rings. The molecule has 0 heterocycles. The topological polar surface area (TPSA) is 52.6 Å². The van der Waals surface area contributed by atoms with E-state index in [0.717, 1.165) is 11.1 Å². The fourth-order valence-electron chi connectivity index (χ4n) is 2.22. The number of hydrogen-bond acceptors (Lipinski definition) is 4. The summed E-state index contributed by atoms with van der Waals surface area (Å²) in [5.41, 5.74) is 2.09. The number of allylic oxidation sites excluding steroid dienone is 4. The van der Waals surface area contributed by atoms with Crippen LogP contribution in [0.25, 0.3) is 0 Å². The number of halogens is 2. The first-order chi connectivity index (χ1) is 11.8. The molecule has 1 aliphatic rings. The monoisotopic (exact) mass is 368 g/mol. The number of benzene rings is 1. The quantitative estimate of drug-likeness (QED) is 0.386. The predicted octanol–water partition coefficient (Wildman–Crippen LogP) is 4.48. The van der Waals surface area contributed by atoms with Crippen molar-refractivity contribution in [3.63, 3.8) is 0 Å². The summed E-state index contributed by atoms with van der Waals surface area (Å²) in [5.74, 6) is 0.667. The summed E-state index contributed by atoms with van der Waals surface area (Å²) in [6, 6.07) is 7.44. The summed E-state index contributed by atoms with van der Waals surface area (Å²) in [7, 11) is -5.07. The Bertz CT molecular complexity index is 806. The van der Waals surface area contributed by atoms with Gasteiger partial charge in [0, 0.05) is 6.42 Å². The zero-order valence-electron chi connectivity index (χ0n) is 13.5. The first-order valence-corrected chi connectivity index (χ1v) is 8.89. The van der Waals surface area contributed by atoms with E-state index in [1.165, 1.54) is 12.3 Å². The van der Waals surface area contributed by atoms with Gasteiger partial charge in [0.2, 0.25) is 0 Å². The normalized spacial score (nSPS) is 15.0. The van der Waals surface area contributed by atoms with Gasteiger partial charge in [-0.2, -0.15) is 17.2 Å². The van der Waals surface area contributed by atoms with Gasteiger partial charge in [0.25, 0.3) is 0 Å². The highest BCUT2D eigenvalue weighted by atomic mass is 32.2. The van der Waals surface area contributed by atoms with Crippen molar-refractivity contribution in [3.8, 4) is 5.75 Å². The molecule has 7 heteroatoms. The Labute approximate surface area is 145 Å². The average Bonchev–Trinajstić information content (AvgIpc) is 2.58. The molecule has 0 saturated heterocycles. The van der Waals surface area contributed by atoms with Gasteiger partial charge in [-0.1, -0.05) is 36.9 Å². The lowest BCUT2D eigenvalue weighted by atomic mass is 9.97. The van der Waals surface area contributed by atoms with Crippen LogP contribution < -0.4 is 4.74 Å². The van der Waals surface area contributed by atoms with Gasteiger partial charge in [-0.25, -0.2) is 0 Å². The molecule has 2 rings (SSSR count). The highest BCUT2D eigenvalue weighted by Crippen LogP contribution is 2.30. The summed E-state index contributed by atoms with van der Waals surface area (Å²) in [4.78, 5) is 0. The van der Waals surface area contributed by atoms with Crippen LogP contribution in [0.4, 0.5) is 8.78 Å². The molecule has 1 aliphatic carbocycles. The summed E-state index contributed by atoms with van der Waals surface area (Å²) in [6.45, 7) is 6.29. The third-order valence-electron chi connectivity index (χ3n) is 3.56. The van der Waals surface area contributed by atoms with Crippen molar-refractivity contribution < 1.29 is 26.1 Å². The second-order valence-electron chi connectivity index (χ2n) is 5.37. The molecule has 1 aromatic carbocycles. The van der Waals surface area contributed by atoms with E-state index >= 15 is 0 Å². The predicted molar refractivity (Wildman–Crippen MR) is 91.5 cm³/mol. The fraction of sp³-hybridized carbons (Fsp3) is 0.222. The molecular formula is C18H18F2O4S. The lowest BCUT2D eigenvalue weighted by molar-refractivity contribution is 0.129. The van der Waals surface area contributed by atoms with Crippen LogP contribution in [0.2, 0.25) is 0 Å². The number of hydrogen-bond donors (Lipinski definition) is 0. The molecule has 0 saturated carbocycles. The van der Waals surface area contributed by atoms with Gasteiger partial charge >= 0.3 is 15.4 Å². The van der Waals surface area contributed by atoms with Crippen LogP contribution in [0.15, 0.2) is 73.2 Å². The molecule has 4 nitrogen and oxygen atoms in total. The van der Waals surface area contributed by atoms with Gasteiger partial charge in [-0.05, 0) is 42.7 Å². The molecule has 134 valence electrons. The average molecular weight is 368 g/mol. The van der Waals surface area contributed by atoms with Crippen LogP contribution in [0.3, 0.4) is 0 Å². The van der Waals surface area contributed by atoms with Crippen LogP contribution in [-0.4, -0.2) is 13.7 Å². The molecule has 0 aliphatic heterocycles. The third-order valence-corrected chi connectivity index (χ3v) is 4.83. The maximum absolute atomic E-state index is 13.2. The number of rotatable bonds is 8. The van der Waals surface area contributed by atoms with E-state index in [1.54, 1.807) is 6.08 Å². The van der Waals surface area contributed by atoms with Crippen molar-refractivity contribution in [1.82, 2.24) is 0 Å². The van der Waals surface area contributed by atoms with Gasteiger partial charge in [0.1, 0.15) is 11.5 Å². The Morgan fingerprint density at radius 1 is 1.12 bits per heavy atom. The molecule has 0 unspecified atom stereocenters. The minimum absolute atomic E-state index is 0.0139. The van der Waals surface area contributed by atoms with E-state index < -0.39 is 15.4 Å². The SMILES string of the molecule is C=COc1ccc(CC2=CC=C(OS(=O)(=O)C(F)(F)C=C)CC2)cc1. The molecule has 0 aromatic heterocycles. The van der Waals surface area contributed by atoms with E-state index in [1.807, 2.05) is 24.3 Å². The fourth-order valence-corrected chi connectivity index (χ4v) is 2.96. The second kappa shape index (κ2) is 7.65. The molecule has 0 spiro atoms. The lowest BCUT2D eigenvalue weighted by Gasteiger charge is -2.18. The molecule has 0 N–H and O–H groups in total. The van der Waals surface area contributed by atoms with Crippen LogP contribution in [0, 0.1) is 0 Å². The first kappa shape index (κ1) is 18.9. The van der Waals surface area contributed by atoms with Crippen LogP contribution in [-0.2, 0) is 20.7 Å².